The Balaban J connectivity index is 0. The molecule has 0 unspecified atom stereocenters. The number of carbonyl (C=O) groups excluding carboxylic acids is 1. The molecule has 11 heavy (non-hydrogen) atoms. The predicted octanol–water partition coefficient (Wildman–Crippen LogP) is -0.361. The molecule has 4 N–H and O–H groups in total. The van der Waals surface area contributed by atoms with E-state index in [1.807, 2.05) is 0 Å². The van der Waals surface area contributed by atoms with E-state index in [9.17, 15) is 4.79 Å². The average molecular weight is 160 g/mol. The molecule has 4 heteroatoms. The molecule has 66 valence electrons. The van der Waals surface area contributed by atoms with Crippen molar-refractivity contribution in [1.82, 2.24) is 0 Å². The second-order valence-corrected chi connectivity index (χ2v) is 1.85. The van der Waals surface area contributed by atoms with Crippen molar-refractivity contribution in [2.24, 2.45) is 11.5 Å². The minimum Gasteiger partial charge on any atom is -0.466 e. The summed E-state index contributed by atoms with van der Waals surface area (Å²) >= 11 is 0. The standard InChI is InChI=1S/C5H8O2.C2H8N2/c1-4(2)5(6)7-3;3-1-2-4/h1H2,2-3H3;1-4H2. The van der Waals surface area contributed by atoms with Crippen LogP contribution in [0, 0.1) is 0 Å². The normalized spacial score (nSPS) is 7.64. The van der Waals surface area contributed by atoms with Gasteiger partial charge < -0.3 is 16.2 Å². The molecule has 0 aliphatic carbocycles. The van der Waals surface area contributed by atoms with Gasteiger partial charge in [0.1, 0.15) is 0 Å². The number of carbonyl (C=O) groups is 1. The molecular formula is C7H16N2O2. The van der Waals surface area contributed by atoms with Gasteiger partial charge in [0.05, 0.1) is 7.11 Å². The summed E-state index contributed by atoms with van der Waals surface area (Å²) in [6, 6.07) is 0. The Bertz CT molecular complexity index is 122. The quantitative estimate of drug-likeness (QED) is 0.427. The predicted molar refractivity (Wildman–Crippen MR) is 44.9 cm³/mol. The smallest absolute Gasteiger partial charge is 0.332 e. The zero-order valence-electron chi connectivity index (χ0n) is 7.09. The summed E-state index contributed by atoms with van der Waals surface area (Å²) in [5.74, 6) is -0.347. The minimum atomic E-state index is -0.347. The van der Waals surface area contributed by atoms with E-state index < -0.39 is 0 Å². The van der Waals surface area contributed by atoms with Gasteiger partial charge in [0.2, 0.25) is 0 Å². The fourth-order valence-corrected chi connectivity index (χ4v) is 0.174. The Hall–Kier alpha value is -0.870. The molecule has 4 nitrogen and oxygen atoms in total. The maximum absolute atomic E-state index is 10.2. The zero-order chi connectivity index (χ0) is 9.28. The van der Waals surface area contributed by atoms with Gasteiger partial charge in [-0.15, -0.1) is 0 Å². The number of hydrogen-bond donors (Lipinski definition) is 2. The Morgan fingerprint density at radius 3 is 1.82 bits per heavy atom. The SMILES string of the molecule is C=C(C)C(=O)OC.NCCN. The van der Waals surface area contributed by atoms with Crippen LogP contribution >= 0.6 is 0 Å². The summed E-state index contributed by atoms with van der Waals surface area (Å²) in [4.78, 5) is 10.2. The average Bonchev–Trinajstić information content (AvgIpc) is 2.03. The third-order valence-corrected chi connectivity index (χ3v) is 0.701. The molecule has 0 bridgehead atoms. The van der Waals surface area contributed by atoms with Crippen molar-refractivity contribution in [3.63, 3.8) is 0 Å². The van der Waals surface area contributed by atoms with Crippen LogP contribution in [-0.4, -0.2) is 26.2 Å². The Kier molecular flexibility index (Phi) is 10.6. The van der Waals surface area contributed by atoms with E-state index in [0.717, 1.165) is 0 Å². The number of ether oxygens (including phenoxy) is 1. The first-order valence-electron chi connectivity index (χ1n) is 3.24. The van der Waals surface area contributed by atoms with Crippen molar-refractivity contribution >= 4 is 5.97 Å². The summed E-state index contributed by atoms with van der Waals surface area (Å²) in [6.45, 7) is 6.15. The van der Waals surface area contributed by atoms with Crippen LogP contribution in [-0.2, 0) is 9.53 Å². The fraction of sp³-hybridized carbons (Fsp3) is 0.571. The van der Waals surface area contributed by atoms with Gasteiger partial charge >= 0.3 is 5.97 Å². The highest BCUT2D eigenvalue weighted by molar-refractivity contribution is 5.86. The van der Waals surface area contributed by atoms with Crippen molar-refractivity contribution in [3.8, 4) is 0 Å². The van der Waals surface area contributed by atoms with Gasteiger partial charge in [0.15, 0.2) is 0 Å². The van der Waals surface area contributed by atoms with E-state index in [4.69, 9.17) is 11.5 Å². The van der Waals surface area contributed by atoms with Gasteiger partial charge in [-0.1, -0.05) is 6.58 Å². The third kappa shape index (κ3) is 12.4. The Morgan fingerprint density at radius 1 is 1.45 bits per heavy atom. The molecule has 0 heterocycles. The van der Waals surface area contributed by atoms with E-state index in [1.54, 1.807) is 6.92 Å². The molecule has 0 fully saturated rings. The van der Waals surface area contributed by atoms with Gasteiger partial charge in [-0.3, -0.25) is 0 Å². The molecule has 0 spiro atoms. The highest BCUT2D eigenvalue weighted by Crippen LogP contribution is 1.87. The van der Waals surface area contributed by atoms with Crippen molar-refractivity contribution in [3.05, 3.63) is 12.2 Å². The lowest BCUT2D eigenvalue weighted by molar-refractivity contribution is -0.136. The van der Waals surface area contributed by atoms with Gasteiger partial charge in [-0.25, -0.2) is 4.79 Å². The largest absolute Gasteiger partial charge is 0.466 e. The van der Waals surface area contributed by atoms with E-state index >= 15 is 0 Å². The van der Waals surface area contributed by atoms with Crippen LogP contribution in [0.4, 0.5) is 0 Å². The van der Waals surface area contributed by atoms with Gasteiger partial charge in [-0.05, 0) is 6.92 Å². The first kappa shape index (κ1) is 12.8. The highest BCUT2D eigenvalue weighted by Gasteiger charge is 1.95. The molecule has 0 aromatic carbocycles. The molecule has 0 saturated carbocycles. The van der Waals surface area contributed by atoms with Crippen LogP contribution in [0.2, 0.25) is 0 Å². The monoisotopic (exact) mass is 160 g/mol. The van der Waals surface area contributed by atoms with Crippen molar-refractivity contribution in [2.75, 3.05) is 20.2 Å². The molecule has 0 rings (SSSR count). The van der Waals surface area contributed by atoms with Crippen LogP contribution in [0.25, 0.3) is 0 Å². The second-order valence-electron chi connectivity index (χ2n) is 1.85. The van der Waals surface area contributed by atoms with Crippen molar-refractivity contribution < 1.29 is 9.53 Å². The van der Waals surface area contributed by atoms with Crippen molar-refractivity contribution in [1.29, 1.82) is 0 Å². The molecule has 0 aliphatic rings. The third-order valence-electron chi connectivity index (χ3n) is 0.701. The number of rotatable bonds is 2. The van der Waals surface area contributed by atoms with E-state index in [2.05, 4.69) is 11.3 Å². The summed E-state index contributed by atoms with van der Waals surface area (Å²) in [5.41, 5.74) is 10.2. The number of esters is 1. The van der Waals surface area contributed by atoms with Gasteiger partial charge in [0, 0.05) is 18.7 Å². The summed E-state index contributed by atoms with van der Waals surface area (Å²) in [7, 11) is 1.33. The maximum atomic E-state index is 10.2. The molecule has 0 atom stereocenters. The second kappa shape index (κ2) is 9.13. The molecular weight excluding hydrogens is 144 g/mol. The van der Waals surface area contributed by atoms with Crippen LogP contribution in [0.1, 0.15) is 6.92 Å². The zero-order valence-corrected chi connectivity index (χ0v) is 7.09. The van der Waals surface area contributed by atoms with Crippen molar-refractivity contribution in [2.45, 2.75) is 6.92 Å². The first-order chi connectivity index (χ1) is 5.09. The van der Waals surface area contributed by atoms with Crippen LogP contribution in [0.5, 0.6) is 0 Å². The van der Waals surface area contributed by atoms with Crippen LogP contribution in [0.15, 0.2) is 12.2 Å². The van der Waals surface area contributed by atoms with Crippen LogP contribution in [0.3, 0.4) is 0 Å². The fourth-order valence-electron chi connectivity index (χ4n) is 0.174. The first-order valence-corrected chi connectivity index (χ1v) is 3.24. The summed E-state index contributed by atoms with van der Waals surface area (Å²) in [6.07, 6.45) is 0. The molecule has 0 aromatic heterocycles. The molecule has 0 aromatic rings. The van der Waals surface area contributed by atoms with Gasteiger partial charge in [-0.2, -0.15) is 0 Å². The van der Waals surface area contributed by atoms with Crippen LogP contribution < -0.4 is 11.5 Å². The lowest BCUT2D eigenvalue weighted by atomic mass is 10.4. The Morgan fingerprint density at radius 2 is 1.82 bits per heavy atom. The van der Waals surface area contributed by atoms with E-state index in [0.29, 0.717) is 18.7 Å². The Labute approximate surface area is 67.2 Å². The topological polar surface area (TPSA) is 78.3 Å². The lowest BCUT2D eigenvalue weighted by Crippen LogP contribution is -2.11. The maximum Gasteiger partial charge on any atom is 0.332 e. The molecule has 0 amide bonds. The number of methoxy groups -OCH3 is 1. The summed E-state index contributed by atoms with van der Waals surface area (Å²) in [5, 5.41) is 0. The lowest BCUT2D eigenvalue weighted by Gasteiger charge is -1.91. The minimum absolute atomic E-state index is 0.347. The highest BCUT2D eigenvalue weighted by atomic mass is 16.5. The molecule has 0 aliphatic heterocycles. The molecule has 0 saturated heterocycles. The van der Waals surface area contributed by atoms with E-state index in [-0.39, 0.29) is 5.97 Å². The summed E-state index contributed by atoms with van der Waals surface area (Å²) < 4.78 is 4.27. The van der Waals surface area contributed by atoms with E-state index in [1.165, 1.54) is 7.11 Å². The number of hydrogen-bond acceptors (Lipinski definition) is 4. The molecule has 0 radical (unpaired) electrons. The van der Waals surface area contributed by atoms with Gasteiger partial charge in [0.25, 0.3) is 0 Å². The number of nitrogens with two attached hydrogens (primary N) is 2.